The summed E-state index contributed by atoms with van der Waals surface area (Å²) in [5.74, 6) is 0.347. The van der Waals surface area contributed by atoms with Gasteiger partial charge in [-0.05, 0) is 97.0 Å². The van der Waals surface area contributed by atoms with Crippen molar-refractivity contribution in [1.29, 1.82) is 0 Å². The Balaban J connectivity index is 1.30. The number of hydrogen-bond acceptors (Lipinski definition) is 3. The van der Waals surface area contributed by atoms with Crippen molar-refractivity contribution < 1.29 is 12.8 Å². The molecule has 0 radical (unpaired) electrons. The summed E-state index contributed by atoms with van der Waals surface area (Å²) in [7, 11) is -3.42. The number of benzene rings is 2. The molecule has 8 heteroatoms. The number of halogens is 1. The molecule has 178 valence electrons. The maximum Gasteiger partial charge on any atom is 0.280 e. The van der Waals surface area contributed by atoms with E-state index in [2.05, 4.69) is 33.1 Å². The zero-order chi connectivity index (χ0) is 23.5. The van der Waals surface area contributed by atoms with Crippen LogP contribution in [0.4, 0.5) is 4.39 Å². The zero-order valence-corrected chi connectivity index (χ0v) is 20.0. The lowest BCUT2D eigenvalue weighted by atomic mass is 9.79. The molecule has 1 aromatic heterocycles. The molecule has 2 bridgehead atoms. The Kier molecular flexibility index (Phi) is 5.17. The van der Waals surface area contributed by atoms with Gasteiger partial charge in [0.05, 0.1) is 16.9 Å². The maximum atomic E-state index is 13.3. The summed E-state index contributed by atoms with van der Waals surface area (Å²) in [6, 6.07) is 14.9. The molecule has 1 aliphatic heterocycles. The number of nitrogens with zero attached hydrogens (tertiary/aromatic N) is 2. The minimum Gasteiger partial charge on any atom is -0.277 e. The highest BCUT2D eigenvalue weighted by Gasteiger charge is 2.59. The molecule has 6 rings (SSSR count). The van der Waals surface area contributed by atoms with Crippen LogP contribution in [0.3, 0.4) is 0 Å². The summed E-state index contributed by atoms with van der Waals surface area (Å²) in [6.07, 6.45) is 4.70. The monoisotopic (exact) mass is 480 g/mol. The van der Waals surface area contributed by atoms with E-state index in [1.54, 1.807) is 16.4 Å². The highest BCUT2D eigenvalue weighted by atomic mass is 32.2. The summed E-state index contributed by atoms with van der Waals surface area (Å²) in [6.45, 7) is 3.18. The molecule has 2 aromatic carbocycles. The van der Waals surface area contributed by atoms with Gasteiger partial charge >= 0.3 is 0 Å². The summed E-state index contributed by atoms with van der Waals surface area (Å²) < 4.78 is 43.8. The van der Waals surface area contributed by atoms with Crippen LogP contribution in [0.15, 0.2) is 48.5 Å². The average molecular weight is 481 g/mol. The molecule has 1 spiro atoms. The topological polar surface area (TPSA) is 78.1 Å². The third kappa shape index (κ3) is 3.51. The molecule has 1 saturated heterocycles. The van der Waals surface area contributed by atoms with Crippen LogP contribution >= 0.6 is 0 Å². The number of nitrogens with one attached hydrogen (secondary N) is 2. The van der Waals surface area contributed by atoms with E-state index in [1.807, 2.05) is 13.0 Å². The van der Waals surface area contributed by atoms with Crippen LogP contribution in [0.25, 0.3) is 22.5 Å². The molecular formula is C26H29FN4O2S. The van der Waals surface area contributed by atoms with E-state index >= 15 is 0 Å². The average Bonchev–Trinajstić information content (AvgIpc) is 3.45. The predicted octanol–water partition coefficient (Wildman–Crippen LogP) is 4.31. The van der Waals surface area contributed by atoms with Crippen LogP contribution in [-0.4, -0.2) is 41.5 Å². The van der Waals surface area contributed by atoms with E-state index < -0.39 is 10.2 Å². The van der Waals surface area contributed by atoms with Gasteiger partial charge in [-0.15, -0.1) is 0 Å². The molecule has 3 aromatic rings. The van der Waals surface area contributed by atoms with E-state index in [0.29, 0.717) is 24.9 Å². The quantitative estimate of drug-likeness (QED) is 0.584. The normalized spacial score (nSPS) is 27.7. The molecule has 6 nitrogen and oxygen atoms in total. The highest BCUT2D eigenvalue weighted by Crippen LogP contribution is 2.50. The third-order valence-corrected chi connectivity index (χ3v) is 9.69. The minimum atomic E-state index is -3.42. The van der Waals surface area contributed by atoms with Gasteiger partial charge in [0.1, 0.15) is 5.82 Å². The number of aromatic nitrogens is 2. The Morgan fingerprint density at radius 2 is 1.74 bits per heavy atom. The first-order valence-corrected chi connectivity index (χ1v) is 13.5. The van der Waals surface area contributed by atoms with Gasteiger partial charge in [0, 0.05) is 18.7 Å². The van der Waals surface area contributed by atoms with Gasteiger partial charge < -0.3 is 0 Å². The van der Waals surface area contributed by atoms with Crippen molar-refractivity contribution in [1.82, 2.24) is 19.2 Å². The van der Waals surface area contributed by atoms with Crippen LogP contribution in [0.2, 0.25) is 0 Å². The molecule has 3 aliphatic rings. The first-order chi connectivity index (χ1) is 16.4. The number of hydrogen-bond donors (Lipinski definition) is 2. The Bertz CT molecular complexity index is 1340. The van der Waals surface area contributed by atoms with Crippen LogP contribution in [0.5, 0.6) is 0 Å². The summed E-state index contributed by atoms with van der Waals surface area (Å²) in [5, 5.41) is 7.58. The standard InChI is InChI=1S/C26H29FN4O2S/c1-2-11-31-16-26(30-34(31,32)33)21-7-8-22(26)14-20-12-19(4-3-18(20)13-21)25-15-24(28-29-25)17-5-9-23(27)10-6-17/h3-6,9-10,12,15,21-22,30H,2,7-8,11,13-14,16H2,1H3,(H,28,29)/t21-,22+,26-/m1/s1. The number of fused-ring (bicyclic) bond motifs is 1. The van der Waals surface area contributed by atoms with Gasteiger partial charge in [-0.1, -0.05) is 19.1 Å². The molecule has 1 saturated carbocycles. The number of aromatic amines is 1. The molecule has 2 heterocycles. The minimum absolute atomic E-state index is 0.260. The first kappa shape index (κ1) is 21.9. The Labute approximate surface area is 199 Å². The predicted molar refractivity (Wildman–Crippen MR) is 130 cm³/mol. The molecule has 2 fully saturated rings. The molecule has 34 heavy (non-hydrogen) atoms. The van der Waals surface area contributed by atoms with Crippen molar-refractivity contribution in [3.63, 3.8) is 0 Å². The van der Waals surface area contributed by atoms with E-state index in [-0.39, 0.29) is 11.4 Å². The zero-order valence-electron chi connectivity index (χ0n) is 19.2. The summed E-state index contributed by atoms with van der Waals surface area (Å²) in [5.41, 5.74) is 5.87. The second kappa shape index (κ2) is 8.00. The lowest BCUT2D eigenvalue weighted by molar-refractivity contribution is 0.213. The van der Waals surface area contributed by atoms with Gasteiger partial charge in [-0.25, -0.2) is 4.39 Å². The Morgan fingerprint density at radius 1 is 1.03 bits per heavy atom. The number of H-pyrrole nitrogens is 1. The number of rotatable bonds is 4. The Hall–Kier alpha value is -2.55. The fourth-order valence-corrected chi connectivity index (χ4v) is 8.17. The van der Waals surface area contributed by atoms with Crippen molar-refractivity contribution >= 4 is 10.2 Å². The summed E-state index contributed by atoms with van der Waals surface area (Å²) in [4.78, 5) is 0. The second-order valence-electron chi connectivity index (χ2n) is 10.0. The summed E-state index contributed by atoms with van der Waals surface area (Å²) >= 11 is 0. The van der Waals surface area contributed by atoms with E-state index in [4.69, 9.17) is 0 Å². The van der Waals surface area contributed by atoms with Crippen LogP contribution in [-0.2, 0) is 23.1 Å². The van der Waals surface area contributed by atoms with Crippen LogP contribution < -0.4 is 4.72 Å². The van der Waals surface area contributed by atoms with Gasteiger partial charge in [0.2, 0.25) is 0 Å². The van der Waals surface area contributed by atoms with Gasteiger partial charge in [0.15, 0.2) is 0 Å². The molecule has 2 N–H and O–H groups in total. The van der Waals surface area contributed by atoms with Crippen molar-refractivity contribution in [2.75, 3.05) is 13.1 Å². The van der Waals surface area contributed by atoms with Gasteiger partial charge in [-0.3, -0.25) is 5.10 Å². The maximum absolute atomic E-state index is 13.3. The smallest absolute Gasteiger partial charge is 0.277 e. The lowest BCUT2D eigenvalue weighted by Gasteiger charge is -2.33. The molecule has 0 amide bonds. The second-order valence-corrected chi connectivity index (χ2v) is 11.7. The van der Waals surface area contributed by atoms with Crippen molar-refractivity contribution in [3.8, 4) is 22.5 Å². The lowest BCUT2D eigenvalue weighted by Crippen LogP contribution is -2.52. The fourth-order valence-electron chi connectivity index (χ4n) is 6.36. The van der Waals surface area contributed by atoms with Crippen molar-refractivity contribution in [2.45, 2.75) is 44.6 Å². The Morgan fingerprint density at radius 3 is 2.47 bits per heavy atom. The van der Waals surface area contributed by atoms with Crippen LogP contribution in [0.1, 0.15) is 37.3 Å². The van der Waals surface area contributed by atoms with Gasteiger partial charge in [0.25, 0.3) is 10.2 Å². The molecular weight excluding hydrogens is 451 g/mol. The van der Waals surface area contributed by atoms with Crippen molar-refractivity contribution in [2.24, 2.45) is 11.8 Å². The fraction of sp³-hybridized carbons (Fsp3) is 0.423. The van der Waals surface area contributed by atoms with E-state index in [0.717, 1.165) is 54.6 Å². The molecule has 3 atom stereocenters. The molecule has 2 aliphatic carbocycles. The third-order valence-electron chi connectivity index (χ3n) is 8.06. The van der Waals surface area contributed by atoms with Gasteiger partial charge in [-0.2, -0.15) is 22.5 Å². The highest BCUT2D eigenvalue weighted by molar-refractivity contribution is 7.87. The van der Waals surface area contributed by atoms with Crippen LogP contribution in [0, 0.1) is 17.7 Å². The SMILES string of the molecule is CCCN1C[C@@]2(NS1(=O)=O)[C@@H]1CC[C@H]2Cc2cc(-c3cc(-c4ccc(F)cc4)[nH]n3)ccc2C1. The molecule has 0 unspecified atom stereocenters. The largest absolute Gasteiger partial charge is 0.280 e. The van der Waals surface area contributed by atoms with E-state index in [1.165, 1.54) is 23.3 Å². The van der Waals surface area contributed by atoms with E-state index in [9.17, 15) is 12.8 Å². The van der Waals surface area contributed by atoms with Crippen molar-refractivity contribution in [3.05, 3.63) is 65.5 Å². The first-order valence-electron chi connectivity index (χ1n) is 12.1.